The molecule has 0 saturated heterocycles. The smallest absolute Gasteiger partial charge is 0.230 e. The van der Waals surface area contributed by atoms with Crippen molar-refractivity contribution in [2.75, 3.05) is 13.6 Å². The lowest BCUT2D eigenvalue weighted by Crippen LogP contribution is -2.32. The van der Waals surface area contributed by atoms with E-state index in [2.05, 4.69) is 32.0 Å². The van der Waals surface area contributed by atoms with E-state index in [0.29, 0.717) is 5.92 Å². The van der Waals surface area contributed by atoms with Crippen molar-refractivity contribution in [3.05, 3.63) is 35.4 Å². The van der Waals surface area contributed by atoms with Crippen LogP contribution in [0.5, 0.6) is 0 Å². The fourth-order valence-corrected chi connectivity index (χ4v) is 2.48. The second-order valence-electron chi connectivity index (χ2n) is 4.93. The second-order valence-corrected chi connectivity index (χ2v) is 4.93. The maximum Gasteiger partial charge on any atom is 0.230 e. The van der Waals surface area contributed by atoms with Crippen molar-refractivity contribution in [2.24, 2.45) is 5.92 Å². The average Bonchev–Trinajstić information content (AvgIpc) is 2.38. The first-order chi connectivity index (χ1) is 7.61. The molecular weight excluding hydrogens is 198 g/mol. The van der Waals surface area contributed by atoms with Gasteiger partial charge in [-0.3, -0.25) is 4.79 Å². The lowest BCUT2D eigenvalue weighted by molar-refractivity contribution is -0.132. The zero-order chi connectivity index (χ0) is 11.7. The van der Waals surface area contributed by atoms with E-state index in [4.69, 9.17) is 0 Å². The Morgan fingerprint density at radius 1 is 1.31 bits per heavy atom. The van der Waals surface area contributed by atoms with Gasteiger partial charge in [0.1, 0.15) is 0 Å². The van der Waals surface area contributed by atoms with Gasteiger partial charge in [0.15, 0.2) is 0 Å². The Bertz CT molecular complexity index is 397. The zero-order valence-electron chi connectivity index (χ0n) is 10.2. The van der Waals surface area contributed by atoms with Crippen LogP contribution in [0.2, 0.25) is 0 Å². The molecule has 0 radical (unpaired) electrons. The molecule has 1 aromatic carbocycles. The van der Waals surface area contributed by atoms with Crippen LogP contribution >= 0.6 is 0 Å². The molecule has 2 nitrogen and oxygen atoms in total. The second kappa shape index (κ2) is 4.28. The van der Waals surface area contributed by atoms with E-state index >= 15 is 0 Å². The van der Waals surface area contributed by atoms with E-state index in [-0.39, 0.29) is 11.8 Å². The molecule has 86 valence electrons. The highest BCUT2D eigenvalue weighted by atomic mass is 16.2. The summed E-state index contributed by atoms with van der Waals surface area (Å²) in [6, 6.07) is 8.35. The Balaban J connectivity index is 2.49. The molecule has 1 aliphatic rings. The van der Waals surface area contributed by atoms with Crippen LogP contribution in [0.3, 0.4) is 0 Å². The van der Waals surface area contributed by atoms with Crippen LogP contribution in [0.4, 0.5) is 0 Å². The van der Waals surface area contributed by atoms with Gasteiger partial charge in [-0.1, -0.05) is 38.1 Å². The third-order valence-corrected chi connectivity index (χ3v) is 3.42. The minimum absolute atomic E-state index is 0.0312. The monoisotopic (exact) mass is 217 g/mol. The lowest BCUT2D eigenvalue weighted by atomic mass is 9.85. The maximum absolute atomic E-state index is 12.3. The molecule has 1 unspecified atom stereocenters. The number of carbonyl (C=O) groups is 1. The summed E-state index contributed by atoms with van der Waals surface area (Å²) in [4.78, 5) is 14.1. The van der Waals surface area contributed by atoms with Crippen LogP contribution in [0.25, 0.3) is 0 Å². The van der Waals surface area contributed by atoms with Gasteiger partial charge in [-0.15, -0.1) is 0 Å². The number of nitrogens with zero attached hydrogens (tertiary/aromatic N) is 1. The SMILES string of the molecule is CC(C)C1C(=O)N(C)CCc2ccccc21. The molecule has 0 bridgehead atoms. The predicted molar refractivity (Wildman–Crippen MR) is 65.4 cm³/mol. The molecule has 16 heavy (non-hydrogen) atoms. The van der Waals surface area contributed by atoms with Gasteiger partial charge in [-0.2, -0.15) is 0 Å². The van der Waals surface area contributed by atoms with Gasteiger partial charge in [-0.05, 0) is 23.5 Å². The van der Waals surface area contributed by atoms with Crippen molar-refractivity contribution in [1.29, 1.82) is 0 Å². The fraction of sp³-hybridized carbons (Fsp3) is 0.500. The molecule has 0 saturated carbocycles. The summed E-state index contributed by atoms with van der Waals surface area (Å²) in [5.41, 5.74) is 2.56. The molecule has 0 aliphatic carbocycles. The molecular formula is C14H19NO. The molecule has 2 heteroatoms. The van der Waals surface area contributed by atoms with Crippen LogP contribution in [0.15, 0.2) is 24.3 Å². The Labute approximate surface area is 97.3 Å². The van der Waals surface area contributed by atoms with Crippen molar-refractivity contribution >= 4 is 5.91 Å². The number of benzene rings is 1. The standard InChI is InChI=1S/C14H19NO/c1-10(2)13-12-7-5-4-6-11(12)8-9-15(3)14(13)16/h4-7,10,13H,8-9H2,1-3H3. The quantitative estimate of drug-likeness (QED) is 0.707. The van der Waals surface area contributed by atoms with Gasteiger partial charge in [0.2, 0.25) is 5.91 Å². The summed E-state index contributed by atoms with van der Waals surface area (Å²) in [5.74, 6) is 0.651. The Morgan fingerprint density at radius 3 is 2.69 bits per heavy atom. The molecule has 1 atom stereocenters. The van der Waals surface area contributed by atoms with E-state index < -0.39 is 0 Å². The summed E-state index contributed by atoms with van der Waals surface area (Å²) in [6.45, 7) is 5.08. The summed E-state index contributed by atoms with van der Waals surface area (Å²) in [5, 5.41) is 0. The van der Waals surface area contributed by atoms with Crippen molar-refractivity contribution in [3.8, 4) is 0 Å². The summed E-state index contributed by atoms with van der Waals surface area (Å²) in [6.07, 6.45) is 0.974. The molecule has 1 amide bonds. The number of hydrogen-bond donors (Lipinski definition) is 0. The number of likely N-dealkylation sites (N-methyl/N-ethyl adjacent to an activating group) is 1. The van der Waals surface area contributed by atoms with Crippen molar-refractivity contribution < 1.29 is 4.79 Å². The number of rotatable bonds is 1. The normalized spacial score (nSPS) is 20.9. The highest BCUT2D eigenvalue weighted by Crippen LogP contribution is 2.31. The van der Waals surface area contributed by atoms with Crippen LogP contribution in [0, 0.1) is 5.92 Å². The third-order valence-electron chi connectivity index (χ3n) is 3.42. The van der Waals surface area contributed by atoms with Gasteiger partial charge in [0.25, 0.3) is 0 Å². The van der Waals surface area contributed by atoms with Crippen LogP contribution in [-0.2, 0) is 11.2 Å². The summed E-state index contributed by atoms with van der Waals surface area (Å²) < 4.78 is 0. The van der Waals surface area contributed by atoms with Crippen molar-refractivity contribution in [3.63, 3.8) is 0 Å². The van der Waals surface area contributed by atoms with Gasteiger partial charge in [0.05, 0.1) is 5.92 Å². The van der Waals surface area contributed by atoms with E-state index in [1.54, 1.807) is 0 Å². The zero-order valence-corrected chi connectivity index (χ0v) is 10.2. The minimum Gasteiger partial charge on any atom is -0.345 e. The molecule has 1 aliphatic heterocycles. The van der Waals surface area contributed by atoms with Gasteiger partial charge >= 0.3 is 0 Å². The Kier molecular flexibility index (Phi) is 2.99. The third kappa shape index (κ3) is 1.84. The molecule has 1 heterocycles. The maximum atomic E-state index is 12.3. The van der Waals surface area contributed by atoms with E-state index in [1.807, 2.05) is 18.0 Å². The molecule has 0 N–H and O–H groups in total. The average molecular weight is 217 g/mol. The first kappa shape index (κ1) is 11.2. The van der Waals surface area contributed by atoms with E-state index in [9.17, 15) is 4.79 Å². The van der Waals surface area contributed by atoms with E-state index in [1.165, 1.54) is 11.1 Å². The Morgan fingerprint density at radius 2 is 2.00 bits per heavy atom. The summed E-state index contributed by atoms with van der Waals surface area (Å²) >= 11 is 0. The van der Waals surface area contributed by atoms with Crippen molar-refractivity contribution in [1.82, 2.24) is 4.90 Å². The van der Waals surface area contributed by atoms with Crippen molar-refractivity contribution in [2.45, 2.75) is 26.2 Å². The first-order valence-corrected chi connectivity index (χ1v) is 5.94. The van der Waals surface area contributed by atoms with Gasteiger partial charge < -0.3 is 4.90 Å². The number of hydrogen-bond acceptors (Lipinski definition) is 1. The molecule has 2 rings (SSSR count). The van der Waals surface area contributed by atoms with Gasteiger partial charge in [-0.25, -0.2) is 0 Å². The molecule has 0 aromatic heterocycles. The fourth-order valence-electron chi connectivity index (χ4n) is 2.48. The largest absolute Gasteiger partial charge is 0.345 e. The lowest BCUT2D eigenvalue weighted by Gasteiger charge is -2.23. The minimum atomic E-state index is 0.0312. The van der Waals surface area contributed by atoms with Crippen LogP contribution in [0.1, 0.15) is 30.9 Å². The number of fused-ring (bicyclic) bond motifs is 1. The van der Waals surface area contributed by atoms with E-state index in [0.717, 1.165) is 13.0 Å². The predicted octanol–water partition coefficient (Wildman–Crippen LogP) is 2.44. The topological polar surface area (TPSA) is 20.3 Å². The molecule has 1 aromatic rings. The number of carbonyl (C=O) groups excluding carboxylic acids is 1. The van der Waals surface area contributed by atoms with Gasteiger partial charge in [0, 0.05) is 13.6 Å². The first-order valence-electron chi connectivity index (χ1n) is 5.94. The van der Waals surface area contributed by atoms with Crippen LogP contribution < -0.4 is 0 Å². The number of amides is 1. The Hall–Kier alpha value is -1.31. The molecule has 0 spiro atoms. The highest BCUT2D eigenvalue weighted by Gasteiger charge is 2.30. The highest BCUT2D eigenvalue weighted by molar-refractivity contribution is 5.84. The summed E-state index contributed by atoms with van der Waals surface area (Å²) in [7, 11) is 1.91. The van der Waals surface area contributed by atoms with Crippen LogP contribution in [-0.4, -0.2) is 24.4 Å². The molecule has 0 fully saturated rings.